The molecule has 28 heavy (non-hydrogen) atoms. The lowest BCUT2D eigenvalue weighted by atomic mass is 9.82. The van der Waals surface area contributed by atoms with Gasteiger partial charge >= 0.3 is 0 Å². The minimum absolute atomic E-state index is 0.0845. The van der Waals surface area contributed by atoms with Crippen molar-refractivity contribution < 1.29 is 14.7 Å². The minimum Gasteiger partial charge on any atom is -0.397 e. The number of fused-ring (bicyclic) bond motifs is 2. The first-order valence-electron chi connectivity index (χ1n) is 8.78. The third-order valence-corrected chi connectivity index (χ3v) is 5.48. The van der Waals surface area contributed by atoms with E-state index in [-0.39, 0.29) is 35.0 Å². The summed E-state index contributed by atoms with van der Waals surface area (Å²) in [5.74, 6) is -0.492. The Bertz CT molecular complexity index is 1110. The van der Waals surface area contributed by atoms with Crippen LogP contribution in [0.15, 0.2) is 59.1 Å². The van der Waals surface area contributed by atoms with E-state index in [9.17, 15) is 9.59 Å². The van der Waals surface area contributed by atoms with Gasteiger partial charge in [0.15, 0.2) is 11.6 Å². The number of rotatable bonds is 4. The van der Waals surface area contributed by atoms with Crippen LogP contribution in [0.2, 0.25) is 0 Å². The van der Waals surface area contributed by atoms with Gasteiger partial charge in [0.05, 0.1) is 22.5 Å². The van der Waals surface area contributed by atoms with Gasteiger partial charge in [0.1, 0.15) is 0 Å². The number of nitrogens with one attached hydrogen (secondary N) is 1. The highest BCUT2D eigenvalue weighted by molar-refractivity contribution is 9.10. The second-order valence-corrected chi connectivity index (χ2v) is 7.42. The predicted molar refractivity (Wildman–Crippen MR) is 112 cm³/mol. The number of nitrogens with two attached hydrogens (primary N) is 1. The lowest BCUT2D eigenvalue weighted by Gasteiger charge is -2.23. The van der Waals surface area contributed by atoms with Crippen LogP contribution in [-0.4, -0.2) is 23.3 Å². The van der Waals surface area contributed by atoms with Crippen LogP contribution in [0.3, 0.4) is 0 Å². The molecule has 0 aliphatic heterocycles. The van der Waals surface area contributed by atoms with Gasteiger partial charge in [0.2, 0.25) is 0 Å². The number of hydrogen-bond donors (Lipinski definition) is 3. The second-order valence-electron chi connectivity index (χ2n) is 6.57. The van der Waals surface area contributed by atoms with Crippen LogP contribution in [0.4, 0.5) is 17.1 Å². The Kier molecular flexibility index (Phi) is 4.75. The zero-order valence-electron chi connectivity index (χ0n) is 14.8. The zero-order valence-corrected chi connectivity index (χ0v) is 16.4. The molecule has 5 nitrogen and oxygen atoms in total. The Balaban J connectivity index is 1.83. The van der Waals surface area contributed by atoms with Crippen molar-refractivity contribution in [3.8, 4) is 0 Å². The molecule has 0 unspecified atom stereocenters. The van der Waals surface area contributed by atoms with E-state index >= 15 is 0 Å². The number of nitrogen functional groups attached to an aromatic ring is 1. The van der Waals surface area contributed by atoms with Crippen molar-refractivity contribution in [3.05, 3.63) is 86.9 Å². The first-order valence-corrected chi connectivity index (χ1v) is 9.57. The van der Waals surface area contributed by atoms with Gasteiger partial charge in [-0.25, -0.2) is 0 Å². The van der Waals surface area contributed by atoms with Gasteiger partial charge in [0, 0.05) is 27.9 Å². The molecular formula is C22H17BrN2O3. The SMILES string of the molecule is Nc1c(Br)cc(Nc2ccc(CCO)cc2)c2c1C(=O)c1ccccc1C2=O. The highest BCUT2D eigenvalue weighted by Gasteiger charge is 2.34. The Morgan fingerprint density at radius 1 is 0.929 bits per heavy atom. The van der Waals surface area contributed by atoms with E-state index < -0.39 is 0 Å². The Hall–Kier alpha value is -2.96. The maximum atomic E-state index is 13.2. The van der Waals surface area contributed by atoms with Crippen LogP contribution in [-0.2, 0) is 6.42 Å². The smallest absolute Gasteiger partial charge is 0.196 e. The van der Waals surface area contributed by atoms with E-state index in [1.54, 1.807) is 30.3 Å². The number of hydrogen-bond acceptors (Lipinski definition) is 5. The first-order chi connectivity index (χ1) is 13.5. The molecule has 3 aromatic carbocycles. The molecule has 0 aromatic heterocycles. The molecule has 0 amide bonds. The molecular weight excluding hydrogens is 420 g/mol. The number of benzene rings is 3. The molecule has 1 aliphatic rings. The molecule has 6 heteroatoms. The van der Waals surface area contributed by atoms with Gasteiger partial charge in [-0.1, -0.05) is 36.4 Å². The molecule has 3 aromatic rings. The topological polar surface area (TPSA) is 92.4 Å². The lowest BCUT2D eigenvalue weighted by molar-refractivity contribution is 0.0980. The maximum absolute atomic E-state index is 13.2. The predicted octanol–water partition coefficient (Wildman–Crippen LogP) is 4.09. The molecule has 140 valence electrons. The summed E-state index contributed by atoms with van der Waals surface area (Å²) in [6.45, 7) is 0.0845. The zero-order chi connectivity index (χ0) is 19.8. The van der Waals surface area contributed by atoms with E-state index in [2.05, 4.69) is 21.2 Å². The van der Waals surface area contributed by atoms with E-state index in [0.29, 0.717) is 27.7 Å². The molecule has 0 fully saturated rings. The summed E-state index contributed by atoms with van der Waals surface area (Å²) >= 11 is 3.40. The molecule has 0 spiro atoms. The molecule has 4 rings (SSSR count). The van der Waals surface area contributed by atoms with Gasteiger partial charge in [0.25, 0.3) is 0 Å². The number of aliphatic hydroxyl groups excluding tert-OH is 1. The summed E-state index contributed by atoms with van der Waals surface area (Å²) in [7, 11) is 0. The van der Waals surface area contributed by atoms with E-state index in [1.165, 1.54) is 0 Å². The average molecular weight is 437 g/mol. The normalized spacial score (nSPS) is 12.5. The summed E-state index contributed by atoms with van der Waals surface area (Å²) in [4.78, 5) is 26.2. The number of halogens is 1. The van der Waals surface area contributed by atoms with Crippen LogP contribution in [0, 0.1) is 0 Å². The maximum Gasteiger partial charge on any atom is 0.196 e. The Morgan fingerprint density at radius 2 is 1.54 bits per heavy atom. The third-order valence-electron chi connectivity index (χ3n) is 4.82. The van der Waals surface area contributed by atoms with Crippen molar-refractivity contribution in [1.82, 2.24) is 0 Å². The summed E-state index contributed by atoms with van der Waals surface area (Å²) in [6, 6.07) is 16.0. The van der Waals surface area contributed by atoms with Crippen LogP contribution in [0.5, 0.6) is 0 Å². The minimum atomic E-state index is -0.259. The van der Waals surface area contributed by atoms with Crippen LogP contribution in [0.1, 0.15) is 37.4 Å². The molecule has 0 atom stereocenters. The third kappa shape index (κ3) is 3.00. The van der Waals surface area contributed by atoms with E-state index in [4.69, 9.17) is 10.8 Å². The molecule has 0 saturated heterocycles. The number of aliphatic hydroxyl groups is 1. The van der Waals surface area contributed by atoms with Crippen molar-refractivity contribution in [2.24, 2.45) is 0 Å². The quantitative estimate of drug-likeness (QED) is 0.419. The summed E-state index contributed by atoms with van der Waals surface area (Å²) in [5, 5.41) is 12.3. The fourth-order valence-corrected chi connectivity index (χ4v) is 3.85. The van der Waals surface area contributed by atoms with Crippen molar-refractivity contribution in [2.75, 3.05) is 17.7 Å². The number of carbonyl (C=O) groups is 2. The Morgan fingerprint density at radius 3 is 2.14 bits per heavy atom. The number of ketones is 2. The average Bonchev–Trinajstić information content (AvgIpc) is 2.70. The van der Waals surface area contributed by atoms with E-state index in [1.807, 2.05) is 24.3 Å². The largest absolute Gasteiger partial charge is 0.397 e. The van der Waals surface area contributed by atoms with Crippen molar-refractivity contribution >= 4 is 44.6 Å². The molecule has 0 heterocycles. The molecule has 0 bridgehead atoms. The van der Waals surface area contributed by atoms with Crippen LogP contribution < -0.4 is 11.1 Å². The summed E-state index contributed by atoms with van der Waals surface area (Å²) < 4.78 is 0.547. The fourth-order valence-electron chi connectivity index (χ4n) is 3.42. The van der Waals surface area contributed by atoms with Gasteiger partial charge < -0.3 is 16.2 Å². The van der Waals surface area contributed by atoms with Crippen LogP contribution in [0.25, 0.3) is 0 Å². The van der Waals surface area contributed by atoms with Gasteiger partial charge in [-0.3, -0.25) is 9.59 Å². The summed E-state index contributed by atoms with van der Waals surface area (Å²) in [6.07, 6.45) is 0.576. The van der Waals surface area contributed by atoms with Crippen molar-refractivity contribution in [2.45, 2.75) is 6.42 Å². The number of anilines is 3. The highest BCUT2D eigenvalue weighted by atomic mass is 79.9. The molecule has 0 saturated carbocycles. The van der Waals surface area contributed by atoms with Gasteiger partial charge in [-0.2, -0.15) is 0 Å². The van der Waals surface area contributed by atoms with E-state index in [0.717, 1.165) is 11.3 Å². The molecule has 0 radical (unpaired) electrons. The standard InChI is InChI=1S/C22H17BrN2O3/c23-16-11-17(25-13-7-5-12(6-8-13)9-10-26)18-19(20(16)24)22(28)15-4-2-1-3-14(15)21(18)27/h1-8,11,25-26H,9-10,24H2. The summed E-state index contributed by atoms with van der Waals surface area (Å²) in [5.41, 5.74) is 9.94. The monoisotopic (exact) mass is 436 g/mol. The van der Waals surface area contributed by atoms with Crippen LogP contribution >= 0.6 is 15.9 Å². The highest BCUT2D eigenvalue weighted by Crippen LogP contribution is 2.40. The van der Waals surface area contributed by atoms with Crippen molar-refractivity contribution in [1.29, 1.82) is 0 Å². The second kappa shape index (κ2) is 7.22. The molecule has 1 aliphatic carbocycles. The molecule has 4 N–H and O–H groups in total. The Labute approximate surface area is 170 Å². The first kappa shape index (κ1) is 18.4. The number of carbonyl (C=O) groups excluding carboxylic acids is 2. The fraction of sp³-hybridized carbons (Fsp3) is 0.0909. The van der Waals surface area contributed by atoms with Crippen molar-refractivity contribution in [3.63, 3.8) is 0 Å². The lowest BCUT2D eigenvalue weighted by Crippen LogP contribution is -2.23. The van der Waals surface area contributed by atoms with Gasteiger partial charge in [-0.15, -0.1) is 0 Å². The van der Waals surface area contributed by atoms with Gasteiger partial charge in [-0.05, 0) is 46.1 Å².